The fourth-order valence-corrected chi connectivity index (χ4v) is 2.97. The van der Waals surface area contributed by atoms with E-state index in [9.17, 15) is 4.79 Å². The van der Waals surface area contributed by atoms with Gasteiger partial charge in [0.05, 0.1) is 0 Å². The van der Waals surface area contributed by atoms with Crippen molar-refractivity contribution in [2.45, 2.75) is 13.5 Å². The van der Waals surface area contributed by atoms with Gasteiger partial charge < -0.3 is 14.5 Å². The van der Waals surface area contributed by atoms with Crippen LogP contribution in [-0.4, -0.2) is 48.4 Å². The summed E-state index contributed by atoms with van der Waals surface area (Å²) in [5.41, 5.74) is 2.14. The molecule has 1 aliphatic heterocycles. The number of piperazine rings is 1. The topological polar surface area (TPSA) is 32.8 Å². The zero-order valence-electron chi connectivity index (χ0n) is 15.3. The minimum atomic E-state index is 0.0881. The maximum absolute atomic E-state index is 12.3. The molecule has 0 N–H and O–H groups in total. The standard InChI is InChI=1S/C22H26N2O2/c1-2-23-14-16-24(17-15-23)22(25)13-10-19-8-11-21(12-9-19)26-18-20-6-4-3-5-7-20/h3-13H,2,14-18H2,1H3/b13-10+. The van der Waals surface area contributed by atoms with Crippen LogP contribution in [0.2, 0.25) is 0 Å². The average Bonchev–Trinajstić information content (AvgIpc) is 2.72. The highest BCUT2D eigenvalue weighted by Gasteiger charge is 2.17. The monoisotopic (exact) mass is 350 g/mol. The zero-order valence-corrected chi connectivity index (χ0v) is 15.3. The summed E-state index contributed by atoms with van der Waals surface area (Å²) in [5, 5.41) is 0. The number of benzene rings is 2. The fourth-order valence-electron chi connectivity index (χ4n) is 2.97. The summed E-state index contributed by atoms with van der Waals surface area (Å²) >= 11 is 0. The van der Waals surface area contributed by atoms with Crippen molar-refractivity contribution in [3.63, 3.8) is 0 Å². The lowest BCUT2D eigenvalue weighted by molar-refractivity contribution is -0.127. The zero-order chi connectivity index (χ0) is 18.2. The molecule has 0 radical (unpaired) electrons. The summed E-state index contributed by atoms with van der Waals surface area (Å²) in [7, 11) is 0. The summed E-state index contributed by atoms with van der Waals surface area (Å²) < 4.78 is 5.78. The predicted octanol–water partition coefficient (Wildman–Crippen LogP) is 3.44. The molecule has 4 heteroatoms. The van der Waals surface area contributed by atoms with Crippen LogP contribution in [0, 0.1) is 0 Å². The molecule has 0 aromatic heterocycles. The molecule has 26 heavy (non-hydrogen) atoms. The molecular formula is C22H26N2O2. The van der Waals surface area contributed by atoms with Crippen molar-refractivity contribution >= 4 is 12.0 Å². The molecule has 1 heterocycles. The number of hydrogen-bond donors (Lipinski definition) is 0. The lowest BCUT2D eigenvalue weighted by Crippen LogP contribution is -2.48. The quantitative estimate of drug-likeness (QED) is 0.748. The summed E-state index contributed by atoms with van der Waals surface area (Å²) in [6.07, 6.45) is 3.54. The van der Waals surface area contributed by atoms with E-state index in [1.165, 1.54) is 0 Å². The Morgan fingerprint density at radius 1 is 1.00 bits per heavy atom. The Balaban J connectivity index is 1.49. The van der Waals surface area contributed by atoms with Gasteiger partial charge in [0.25, 0.3) is 0 Å². The van der Waals surface area contributed by atoms with E-state index in [2.05, 4.69) is 11.8 Å². The van der Waals surface area contributed by atoms with Crippen molar-refractivity contribution in [1.82, 2.24) is 9.80 Å². The van der Waals surface area contributed by atoms with Gasteiger partial charge in [-0.1, -0.05) is 49.4 Å². The van der Waals surface area contributed by atoms with E-state index < -0.39 is 0 Å². The van der Waals surface area contributed by atoms with E-state index in [4.69, 9.17) is 4.74 Å². The Hall–Kier alpha value is -2.59. The van der Waals surface area contributed by atoms with E-state index in [0.717, 1.165) is 49.6 Å². The second kappa shape index (κ2) is 9.20. The first-order valence-electron chi connectivity index (χ1n) is 9.21. The van der Waals surface area contributed by atoms with E-state index in [1.54, 1.807) is 6.08 Å². The lowest BCUT2D eigenvalue weighted by Gasteiger charge is -2.33. The van der Waals surface area contributed by atoms with E-state index in [1.807, 2.05) is 65.6 Å². The first kappa shape index (κ1) is 18.2. The Bertz CT molecular complexity index is 718. The van der Waals surface area contributed by atoms with Gasteiger partial charge in [0.2, 0.25) is 5.91 Å². The van der Waals surface area contributed by atoms with Crippen molar-refractivity contribution < 1.29 is 9.53 Å². The van der Waals surface area contributed by atoms with Crippen LogP contribution in [0.25, 0.3) is 6.08 Å². The third-order valence-corrected chi connectivity index (χ3v) is 4.68. The number of hydrogen-bond acceptors (Lipinski definition) is 3. The van der Waals surface area contributed by atoms with Crippen LogP contribution < -0.4 is 4.74 Å². The summed E-state index contributed by atoms with van der Waals surface area (Å²) in [6.45, 7) is 7.30. The first-order chi connectivity index (χ1) is 12.7. The molecule has 0 unspecified atom stereocenters. The maximum atomic E-state index is 12.3. The van der Waals surface area contributed by atoms with Crippen molar-refractivity contribution in [2.24, 2.45) is 0 Å². The van der Waals surface area contributed by atoms with Crippen LogP contribution in [0.4, 0.5) is 0 Å². The van der Waals surface area contributed by atoms with Gasteiger partial charge in [-0.15, -0.1) is 0 Å². The van der Waals surface area contributed by atoms with Crippen molar-refractivity contribution in [1.29, 1.82) is 0 Å². The number of carbonyl (C=O) groups is 1. The number of rotatable bonds is 6. The number of carbonyl (C=O) groups excluding carboxylic acids is 1. The molecule has 0 spiro atoms. The number of likely N-dealkylation sites (N-methyl/N-ethyl adjacent to an activating group) is 1. The van der Waals surface area contributed by atoms with Crippen LogP contribution in [0.5, 0.6) is 5.75 Å². The summed E-state index contributed by atoms with van der Waals surface area (Å²) in [4.78, 5) is 16.6. The molecule has 0 saturated carbocycles. The van der Waals surface area contributed by atoms with E-state index in [0.29, 0.717) is 6.61 Å². The highest BCUT2D eigenvalue weighted by molar-refractivity contribution is 5.91. The molecule has 1 saturated heterocycles. The van der Waals surface area contributed by atoms with Crippen molar-refractivity contribution in [3.8, 4) is 5.75 Å². The summed E-state index contributed by atoms with van der Waals surface area (Å²) in [6, 6.07) is 17.9. The normalized spacial score (nSPS) is 15.3. The van der Waals surface area contributed by atoms with Crippen LogP contribution in [-0.2, 0) is 11.4 Å². The van der Waals surface area contributed by atoms with Gasteiger partial charge >= 0.3 is 0 Å². The van der Waals surface area contributed by atoms with Gasteiger partial charge in [0.15, 0.2) is 0 Å². The van der Waals surface area contributed by atoms with Crippen molar-refractivity contribution in [2.75, 3.05) is 32.7 Å². The molecule has 2 aromatic rings. The molecule has 1 amide bonds. The maximum Gasteiger partial charge on any atom is 0.246 e. The number of ether oxygens (including phenoxy) is 1. The van der Waals surface area contributed by atoms with Crippen LogP contribution in [0.15, 0.2) is 60.7 Å². The van der Waals surface area contributed by atoms with Crippen LogP contribution in [0.1, 0.15) is 18.1 Å². The van der Waals surface area contributed by atoms with Gasteiger partial charge in [-0.2, -0.15) is 0 Å². The molecule has 0 atom stereocenters. The van der Waals surface area contributed by atoms with Gasteiger partial charge in [-0.05, 0) is 35.9 Å². The molecule has 3 rings (SSSR count). The fraction of sp³-hybridized carbons (Fsp3) is 0.318. The first-order valence-corrected chi connectivity index (χ1v) is 9.21. The molecule has 0 bridgehead atoms. The molecule has 136 valence electrons. The largest absolute Gasteiger partial charge is 0.489 e. The number of nitrogens with zero attached hydrogens (tertiary/aromatic N) is 2. The third kappa shape index (κ3) is 5.20. The minimum Gasteiger partial charge on any atom is -0.489 e. The number of amides is 1. The minimum absolute atomic E-state index is 0.0881. The van der Waals surface area contributed by atoms with Gasteiger partial charge in [0, 0.05) is 32.3 Å². The van der Waals surface area contributed by atoms with Gasteiger partial charge in [-0.3, -0.25) is 4.79 Å². The Morgan fingerprint density at radius 3 is 2.35 bits per heavy atom. The smallest absolute Gasteiger partial charge is 0.246 e. The molecular weight excluding hydrogens is 324 g/mol. The second-order valence-corrected chi connectivity index (χ2v) is 6.44. The Morgan fingerprint density at radius 2 is 1.69 bits per heavy atom. The van der Waals surface area contributed by atoms with E-state index in [-0.39, 0.29) is 5.91 Å². The highest BCUT2D eigenvalue weighted by atomic mass is 16.5. The average molecular weight is 350 g/mol. The van der Waals surface area contributed by atoms with Crippen molar-refractivity contribution in [3.05, 3.63) is 71.8 Å². The van der Waals surface area contributed by atoms with Crippen LogP contribution in [0.3, 0.4) is 0 Å². The second-order valence-electron chi connectivity index (χ2n) is 6.44. The Labute approximate surface area is 155 Å². The molecule has 4 nitrogen and oxygen atoms in total. The summed E-state index contributed by atoms with van der Waals surface area (Å²) in [5.74, 6) is 0.915. The lowest BCUT2D eigenvalue weighted by atomic mass is 10.2. The van der Waals surface area contributed by atoms with Crippen LogP contribution >= 0.6 is 0 Å². The molecule has 2 aromatic carbocycles. The Kier molecular flexibility index (Phi) is 6.45. The van der Waals surface area contributed by atoms with E-state index >= 15 is 0 Å². The van der Waals surface area contributed by atoms with Gasteiger partial charge in [0.1, 0.15) is 12.4 Å². The SMILES string of the molecule is CCN1CCN(C(=O)/C=C/c2ccc(OCc3ccccc3)cc2)CC1. The molecule has 0 aliphatic carbocycles. The van der Waals surface area contributed by atoms with Gasteiger partial charge in [-0.25, -0.2) is 0 Å². The molecule has 1 aliphatic rings. The highest BCUT2D eigenvalue weighted by Crippen LogP contribution is 2.15. The third-order valence-electron chi connectivity index (χ3n) is 4.68. The predicted molar refractivity (Wildman–Crippen MR) is 105 cm³/mol. The molecule has 1 fully saturated rings.